The Morgan fingerprint density at radius 1 is 0.364 bits per heavy atom. The third-order valence-electron chi connectivity index (χ3n) is 0. The SMILES string of the molecule is O.O.O.O.O.O.O.O.O.O=S(=O)([O-])[O-].O=S(=O)([O-])[O-].[La+3].[La+3].[La+3]. The molecule has 17 nitrogen and oxygen atoms in total. The average molecular weight is 771 g/mol. The molecule has 0 amide bonds. The maximum atomic E-state index is 8.52. The Kier molecular flexibility index (Phi) is 306. The smallest absolute Gasteiger partial charge is 0.759 e. The zero-order valence-electron chi connectivity index (χ0n) is 10.3. The molecule has 0 aromatic rings. The van der Waals surface area contributed by atoms with Crippen molar-refractivity contribution < 1.29 is 191 Å². The monoisotopic (exact) mass is 771 g/mol. The van der Waals surface area contributed by atoms with Crippen LogP contribution in [-0.2, 0) is 20.8 Å². The topological polar surface area (TPSA) is 444 Å². The van der Waals surface area contributed by atoms with Crippen molar-refractivity contribution >= 4 is 20.8 Å². The van der Waals surface area contributed by atoms with Gasteiger partial charge in [0.25, 0.3) is 0 Å². The van der Waals surface area contributed by atoms with Crippen LogP contribution in [0, 0.1) is 107 Å². The summed E-state index contributed by atoms with van der Waals surface area (Å²) in [5, 5.41) is 0. The van der Waals surface area contributed by atoms with Gasteiger partial charge in [-0.2, -0.15) is 0 Å². The Bertz CT molecular complexity index is 218. The predicted octanol–water partition coefficient (Wildman–Crippen LogP) is -10.1. The normalized spacial score (nSPS) is 5.27. The van der Waals surface area contributed by atoms with E-state index in [2.05, 4.69) is 0 Å². The van der Waals surface area contributed by atoms with E-state index >= 15 is 0 Å². The van der Waals surface area contributed by atoms with Crippen molar-refractivity contribution in [2.24, 2.45) is 0 Å². The maximum absolute atomic E-state index is 8.52. The van der Waals surface area contributed by atoms with Crippen molar-refractivity contribution in [1.29, 1.82) is 0 Å². The molecule has 0 bridgehead atoms. The number of hydrogen-bond donors (Lipinski definition) is 0. The molecule has 0 fully saturated rings. The Labute approximate surface area is 208 Å². The van der Waals surface area contributed by atoms with E-state index in [9.17, 15) is 0 Å². The van der Waals surface area contributed by atoms with E-state index in [-0.39, 0.29) is 156 Å². The molecule has 0 aromatic heterocycles. The molecule has 0 atom stereocenters. The minimum Gasteiger partial charge on any atom is -0.759 e. The van der Waals surface area contributed by atoms with Gasteiger partial charge >= 0.3 is 107 Å². The van der Waals surface area contributed by atoms with Crippen LogP contribution in [-0.4, -0.2) is 84.3 Å². The van der Waals surface area contributed by atoms with Crippen molar-refractivity contribution in [1.82, 2.24) is 0 Å². The standard InChI is InChI=1S/3La.2H2O4S.9H2O/c;;;2*1-5(2,3)4;;;;;;;;;/h;;;2*(H2,1,2,3,4);9*1H2/q3*+3;;;;;;;;;;;/p-4. The second kappa shape index (κ2) is 56.4. The van der Waals surface area contributed by atoms with Gasteiger partial charge in [-0.05, 0) is 0 Å². The van der Waals surface area contributed by atoms with E-state index in [1.807, 2.05) is 0 Å². The summed E-state index contributed by atoms with van der Waals surface area (Å²) >= 11 is 0. The zero-order valence-corrected chi connectivity index (χ0v) is 22.8. The maximum Gasteiger partial charge on any atom is 3.00 e. The Morgan fingerprint density at radius 2 is 0.364 bits per heavy atom. The van der Waals surface area contributed by atoms with Gasteiger partial charge in [0.2, 0.25) is 0 Å². The molecule has 22 heteroatoms. The minimum absolute atomic E-state index is 0. The van der Waals surface area contributed by atoms with E-state index in [0.717, 1.165) is 0 Å². The third kappa shape index (κ3) is 1260. The molecule has 0 aliphatic heterocycles. The predicted molar refractivity (Wildman–Crippen MR) is 53.5 cm³/mol. The molecule has 0 aliphatic carbocycles. The molecule has 136 valence electrons. The molecule has 0 radical (unpaired) electrons. The first-order valence-corrected chi connectivity index (χ1v) is 4.00. The summed E-state index contributed by atoms with van der Waals surface area (Å²) in [6, 6.07) is 0. The van der Waals surface area contributed by atoms with Crippen LogP contribution in [0.3, 0.4) is 0 Å². The summed E-state index contributed by atoms with van der Waals surface area (Å²) in [7, 11) is -10.3. The van der Waals surface area contributed by atoms with Crippen LogP contribution in [0.5, 0.6) is 0 Å². The van der Waals surface area contributed by atoms with Crippen LogP contribution in [0.15, 0.2) is 0 Å². The Hall–Kier alpha value is 2.96. The minimum atomic E-state index is -5.17. The van der Waals surface area contributed by atoms with Crippen LogP contribution < -0.4 is 0 Å². The van der Waals surface area contributed by atoms with Crippen molar-refractivity contribution in [3.05, 3.63) is 0 Å². The molecule has 0 rings (SSSR count). The summed E-state index contributed by atoms with van der Waals surface area (Å²) in [5.74, 6) is 0. The van der Waals surface area contributed by atoms with Crippen molar-refractivity contribution in [2.45, 2.75) is 0 Å². The first-order chi connectivity index (χ1) is 4.00. The van der Waals surface area contributed by atoms with Crippen LogP contribution in [0.25, 0.3) is 0 Å². The Balaban J connectivity index is -0.00000000314. The fourth-order valence-corrected chi connectivity index (χ4v) is 0. The zero-order chi connectivity index (χ0) is 9.00. The van der Waals surface area contributed by atoms with Gasteiger partial charge in [-0.3, -0.25) is 16.8 Å². The summed E-state index contributed by atoms with van der Waals surface area (Å²) in [6.45, 7) is 0. The molecular formula is H18La3O17S2+5. The fraction of sp³-hybridized carbons (Fsp3) is 0. The summed E-state index contributed by atoms with van der Waals surface area (Å²) < 4.78 is 68.2. The van der Waals surface area contributed by atoms with Crippen LogP contribution in [0.2, 0.25) is 0 Å². The molecular weight excluding hydrogens is 753 g/mol. The average Bonchev–Trinajstić information content (AvgIpc) is 1.12. The molecule has 0 spiro atoms. The molecule has 18 N–H and O–H groups in total. The first-order valence-electron chi connectivity index (χ1n) is 1.33. The van der Waals surface area contributed by atoms with E-state index in [1.165, 1.54) is 0 Å². The van der Waals surface area contributed by atoms with Gasteiger partial charge in [0.1, 0.15) is 0 Å². The molecule has 0 unspecified atom stereocenters. The summed E-state index contributed by atoms with van der Waals surface area (Å²) in [6.07, 6.45) is 0. The van der Waals surface area contributed by atoms with Crippen molar-refractivity contribution in [2.75, 3.05) is 0 Å². The van der Waals surface area contributed by atoms with E-state index in [4.69, 9.17) is 35.0 Å². The van der Waals surface area contributed by atoms with Gasteiger partial charge in [0.05, 0.1) is 0 Å². The van der Waals surface area contributed by atoms with Gasteiger partial charge in [-0.1, -0.05) is 0 Å². The molecule has 0 aliphatic rings. The molecule has 0 saturated carbocycles. The van der Waals surface area contributed by atoms with Gasteiger partial charge < -0.3 is 67.5 Å². The van der Waals surface area contributed by atoms with Gasteiger partial charge in [0, 0.05) is 20.8 Å². The van der Waals surface area contributed by atoms with Crippen molar-refractivity contribution in [3.8, 4) is 0 Å². The van der Waals surface area contributed by atoms with E-state index in [0.29, 0.717) is 0 Å². The molecule has 0 aromatic carbocycles. The molecule has 0 heterocycles. The van der Waals surface area contributed by atoms with E-state index in [1.54, 1.807) is 0 Å². The second-order valence-corrected chi connectivity index (χ2v) is 2.45. The first kappa shape index (κ1) is 119. The van der Waals surface area contributed by atoms with Crippen LogP contribution >= 0.6 is 0 Å². The van der Waals surface area contributed by atoms with Gasteiger partial charge in [-0.25, -0.2) is 0 Å². The van der Waals surface area contributed by atoms with Gasteiger partial charge in [-0.15, -0.1) is 0 Å². The fourth-order valence-electron chi connectivity index (χ4n) is 0. The quantitative estimate of drug-likeness (QED) is 0.168. The van der Waals surface area contributed by atoms with Crippen molar-refractivity contribution in [3.63, 3.8) is 0 Å². The van der Waals surface area contributed by atoms with E-state index < -0.39 is 20.8 Å². The van der Waals surface area contributed by atoms with Gasteiger partial charge in [0.15, 0.2) is 0 Å². The Morgan fingerprint density at radius 3 is 0.364 bits per heavy atom. The largest absolute Gasteiger partial charge is 3.00 e. The van der Waals surface area contributed by atoms with Crippen LogP contribution in [0.4, 0.5) is 0 Å². The van der Waals surface area contributed by atoms with Crippen LogP contribution in [0.1, 0.15) is 0 Å². The molecule has 0 saturated heterocycles. The number of rotatable bonds is 0. The number of hydrogen-bond acceptors (Lipinski definition) is 8. The summed E-state index contributed by atoms with van der Waals surface area (Å²) in [5.41, 5.74) is 0. The summed E-state index contributed by atoms with van der Waals surface area (Å²) in [4.78, 5) is 0. The second-order valence-electron chi connectivity index (χ2n) is 0.816. The third-order valence-corrected chi connectivity index (χ3v) is 0. The molecule has 22 heavy (non-hydrogen) atoms.